The van der Waals surface area contributed by atoms with Crippen LogP contribution in [0.2, 0.25) is 0 Å². The molecule has 0 aliphatic rings. The summed E-state index contributed by atoms with van der Waals surface area (Å²) in [6.07, 6.45) is 2.72. The first-order valence-electron chi connectivity index (χ1n) is 11.0. The highest BCUT2D eigenvalue weighted by molar-refractivity contribution is 7.07. The fourth-order valence-electron chi connectivity index (χ4n) is 3.72. The number of carbonyl (C=O) groups excluding carboxylic acids is 1. The van der Waals surface area contributed by atoms with E-state index in [1.165, 1.54) is 28.4 Å². The number of benzene rings is 2. The van der Waals surface area contributed by atoms with Gasteiger partial charge in [-0.25, -0.2) is 13.8 Å². The van der Waals surface area contributed by atoms with Crippen molar-refractivity contribution < 1.29 is 13.6 Å². The quantitative estimate of drug-likeness (QED) is 0.442. The zero-order chi connectivity index (χ0) is 24.0. The Morgan fingerprint density at radius 2 is 1.85 bits per heavy atom. The summed E-state index contributed by atoms with van der Waals surface area (Å²) in [5.41, 5.74) is 9.31. The molecule has 0 atom stereocenters. The lowest BCUT2D eigenvalue weighted by molar-refractivity contribution is 0.0772. The van der Waals surface area contributed by atoms with E-state index in [1.807, 2.05) is 30.5 Å². The largest absolute Gasteiger partial charge is 0.336 e. The van der Waals surface area contributed by atoms with Crippen molar-refractivity contribution in [3.63, 3.8) is 0 Å². The van der Waals surface area contributed by atoms with E-state index in [1.54, 1.807) is 12.4 Å². The van der Waals surface area contributed by atoms with Crippen molar-refractivity contribution in [3.05, 3.63) is 80.6 Å². The number of nitrogens with zero attached hydrogens (tertiary/aromatic N) is 3. The van der Waals surface area contributed by atoms with Crippen LogP contribution in [0, 0.1) is 25.5 Å². The van der Waals surface area contributed by atoms with E-state index in [9.17, 15) is 13.6 Å². The molecule has 0 spiro atoms. The molecule has 3 rings (SSSR count). The van der Waals surface area contributed by atoms with E-state index in [0.717, 1.165) is 46.9 Å². The SMILES string of the molecule is Cc1cc(C)cc(/N=c2\scc(C(=O)N(C)Cc3cccc(F)c3F)n2CCCCCN)c1. The Kier molecular flexibility index (Phi) is 8.52. The van der Waals surface area contributed by atoms with Crippen molar-refractivity contribution in [3.8, 4) is 0 Å². The van der Waals surface area contributed by atoms with Crippen molar-refractivity contribution in [1.82, 2.24) is 9.47 Å². The van der Waals surface area contributed by atoms with Gasteiger partial charge in [-0.1, -0.05) is 24.6 Å². The summed E-state index contributed by atoms with van der Waals surface area (Å²) in [4.78, 5) is 20.2. The number of amides is 1. The highest BCUT2D eigenvalue weighted by atomic mass is 32.1. The van der Waals surface area contributed by atoms with Crippen molar-refractivity contribution >= 4 is 22.9 Å². The van der Waals surface area contributed by atoms with Gasteiger partial charge in [0.1, 0.15) is 5.69 Å². The molecule has 0 aliphatic heterocycles. The van der Waals surface area contributed by atoms with E-state index in [4.69, 9.17) is 10.7 Å². The van der Waals surface area contributed by atoms with Gasteiger partial charge >= 0.3 is 0 Å². The van der Waals surface area contributed by atoms with Crippen LogP contribution in [0.3, 0.4) is 0 Å². The Labute approximate surface area is 197 Å². The molecule has 2 N–H and O–H groups in total. The van der Waals surface area contributed by atoms with Gasteiger partial charge in [0.2, 0.25) is 0 Å². The number of carbonyl (C=O) groups is 1. The van der Waals surface area contributed by atoms with E-state index in [0.29, 0.717) is 18.8 Å². The number of nitrogens with two attached hydrogens (primary N) is 1. The summed E-state index contributed by atoms with van der Waals surface area (Å²) in [6, 6.07) is 10.1. The summed E-state index contributed by atoms with van der Waals surface area (Å²) in [5, 5.41) is 1.78. The predicted octanol–water partition coefficient (Wildman–Crippen LogP) is 5.08. The third-order valence-corrected chi connectivity index (χ3v) is 6.18. The molecule has 176 valence electrons. The summed E-state index contributed by atoms with van der Waals surface area (Å²) in [5.74, 6) is -2.12. The first kappa shape index (κ1) is 24.8. The van der Waals surface area contributed by atoms with Crippen molar-refractivity contribution in [2.24, 2.45) is 10.7 Å². The Bertz CT molecular complexity index is 1170. The molecule has 1 heterocycles. The summed E-state index contributed by atoms with van der Waals surface area (Å²) < 4.78 is 29.6. The van der Waals surface area contributed by atoms with Gasteiger partial charge in [0, 0.05) is 31.1 Å². The third-order valence-electron chi connectivity index (χ3n) is 5.32. The molecule has 0 saturated carbocycles. The first-order chi connectivity index (χ1) is 15.8. The lowest BCUT2D eigenvalue weighted by Gasteiger charge is -2.19. The Balaban J connectivity index is 1.93. The number of hydrogen-bond acceptors (Lipinski definition) is 4. The van der Waals surface area contributed by atoms with Crippen molar-refractivity contribution in [2.75, 3.05) is 13.6 Å². The van der Waals surface area contributed by atoms with Crippen LogP contribution >= 0.6 is 11.3 Å². The van der Waals surface area contributed by atoms with Crippen LogP contribution < -0.4 is 10.5 Å². The third kappa shape index (κ3) is 6.36. The van der Waals surface area contributed by atoms with E-state index >= 15 is 0 Å². The van der Waals surface area contributed by atoms with Gasteiger partial charge in [-0.2, -0.15) is 0 Å². The van der Waals surface area contributed by atoms with Crippen LogP contribution in [0.25, 0.3) is 0 Å². The van der Waals surface area contributed by atoms with Gasteiger partial charge in [-0.05, 0) is 62.6 Å². The van der Waals surface area contributed by atoms with Crippen molar-refractivity contribution in [1.29, 1.82) is 0 Å². The monoisotopic (exact) mass is 472 g/mol. The minimum atomic E-state index is -0.928. The molecular weight excluding hydrogens is 442 g/mol. The zero-order valence-electron chi connectivity index (χ0n) is 19.3. The summed E-state index contributed by atoms with van der Waals surface area (Å²) >= 11 is 1.39. The number of halogens is 2. The van der Waals surface area contributed by atoms with Crippen LogP contribution in [0.4, 0.5) is 14.5 Å². The summed E-state index contributed by atoms with van der Waals surface area (Å²) in [6.45, 7) is 5.26. The molecule has 1 amide bonds. The van der Waals surface area contributed by atoms with E-state index in [2.05, 4.69) is 6.07 Å². The average Bonchev–Trinajstić information content (AvgIpc) is 3.15. The molecule has 2 aromatic carbocycles. The molecule has 3 aromatic rings. The molecule has 0 bridgehead atoms. The second-order valence-corrected chi connectivity index (χ2v) is 9.07. The molecule has 0 fully saturated rings. The Hall–Kier alpha value is -2.84. The van der Waals surface area contributed by atoms with Crippen LogP contribution in [0.5, 0.6) is 0 Å². The zero-order valence-corrected chi connectivity index (χ0v) is 20.1. The smallest absolute Gasteiger partial charge is 0.271 e. The van der Waals surface area contributed by atoms with Crippen LogP contribution in [-0.2, 0) is 13.1 Å². The molecular formula is C25H30F2N4OS. The van der Waals surface area contributed by atoms with Crippen LogP contribution in [0.1, 0.15) is 46.4 Å². The van der Waals surface area contributed by atoms with Gasteiger partial charge < -0.3 is 15.2 Å². The molecule has 1 aromatic heterocycles. The van der Waals surface area contributed by atoms with Crippen LogP contribution in [0.15, 0.2) is 46.8 Å². The van der Waals surface area contributed by atoms with Gasteiger partial charge in [0.15, 0.2) is 16.4 Å². The lowest BCUT2D eigenvalue weighted by Crippen LogP contribution is -2.31. The Morgan fingerprint density at radius 3 is 2.55 bits per heavy atom. The second kappa shape index (κ2) is 11.3. The molecule has 0 radical (unpaired) electrons. The van der Waals surface area contributed by atoms with E-state index < -0.39 is 11.6 Å². The van der Waals surface area contributed by atoms with Crippen LogP contribution in [-0.4, -0.2) is 29.0 Å². The number of rotatable bonds is 9. The fraction of sp³-hybridized carbons (Fsp3) is 0.360. The van der Waals surface area contributed by atoms with E-state index in [-0.39, 0.29) is 18.0 Å². The van der Waals surface area contributed by atoms with Gasteiger partial charge in [0.05, 0.1) is 5.69 Å². The minimum Gasteiger partial charge on any atom is -0.336 e. The standard InChI is InChI=1S/C25H30F2N4OS/c1-17-12-18(2)14-20(13-17)29-25-31(11-6-4-5-10-28)22(16-33-25)24(32)30(3)15-19-8-7-9-21(26)23(19)27/h7-9,12-14,16H,4-6,10-11,15,28H2,1-3H3/b29-25-. The van der Waals surface area contributed by atoms with Gasteiger partial charge in [0.25, 0.3) is 5.91 Å². The number of hydrogen-bond donors (Lipinski definition) is 1. The topological polar surface area (TPSA) is 63.6 Å². The molecule has 8 heteroatoms. The molecule has 0 aliphatic carbocycles. The second-order valence-electron chi connectivity index (χ2n) is 8.24. The number of aryl methyl sites for hydroxylation is 2. The molecule has 0 unspecified atom stereocenters. The first-order valence-corrected chi connectivity index (χ1v) is 11.9. The average molecular weight is 473 g/mol. The number of thiazole rings is 1. The highest BCUT2D eigenvalue weighted by Gasteiger charge is 2.20. The van der Waals surface area contributed by atoms with Crippen molar-refractivity contribution in [2.45, 2.75) is 46.2 Å². The van der Waals surface area contributed by atoms with Gasteiger partial charge in [-0.3, -0.25) is 4.79 Å². The normalized spacial score (nSPS) is 11.8. The maximum atomic E-state index is 14.1. The lowest BCUT2D eigenvalue weighted by atomic mass is 10.1. The highest BCUT2D eigenvalue weighted by Crippen LogP contribution is 2.18. The number of aromatic nitrogens is 1. The maximum Gasteiger partial charge on any atom is 0.271 e. The fourth-order valence-corrected chi connectivity index (χ4v) is 4.64. The van der Waals surface area contributed by atoms with Gasteiger partial charge in [-0.15, -0.1) is 11.3 Å². The Morgan fingerprint density at radius 1 is 1.12 bits per heavy atom. The molecule has 0 saturated heterocycles. The predicted molar refractivity (Wildman–Crippen MR) is 129 cm³/mol. The summed E-state index contributed by atoms with van der Waals surface area (Å²) in [7, 11) is 1.59. The minimum absolute atomic E-state index is 0.0327. The maximum absolute atomic E-state index is 14.1. The molecule has 33 heavy (non-hydrogen) atoms. The number of unbranched alkanes of at least 4 members (excludes halogenated alkanes) is 2. The molecule has 5 nitrogen and oxygen atoms in total.